The van der Waals surface area contributed by atoms with Crippen molar-refractivity contribution in [3.05, 3.63) is 0 Å². The van der Waals surface area contributed by atoms with Crippen LogP contribution in [0.5, 0.6) is 0 Å². The van der Waals surface area contributed by atoms with Crippen LogP contribution in [0, 0.1) is 5.92 Å². The van der Waals surface area contributed by atoms with E-state index in [4.69, 9.17) is 11.6 Å². The molecule has 0 radical (unpaired) electrons. The van der Waals surface area contributed by atoms with Gasteiger partial charge in [0, 0.05) is 13.1 Å². The Hall–Kier alpha value is 0.200. The Morgan fingerprint density at radius 3 is 2.21 bits per heavy atom. The van der Waals surface area contributed by atoms with Gasteiger partial charge in [-0.1, -0.05) is 32.1 Å². The highest BCUT2D eigenvalue weighted by molar-refractivity contribution is 7.89. The van der Waals surface area contributed by atoms with Crippen LogP contribution in [0.1, 0.15) is 57.8 Å². The summed E-state index contributed by atoms with van der Waals surface area (Å²) in [7, 11) is -1.42. The SMILES string of the molecule is CN(C1CCCCC1Cl)S(=O)(=O)CC1CCCCC1. The molecule has 2 unspecified atom stereocenters. The molecule has 0 N–H and O–H groups in total. The van der Waals surface area contributed by atoms with Crippen LogP contribution in [-0.2, 0) is 10.0 Å². The molecule has 3 nitrogen and oxygen atoms in total. The van der Waals surface area contributed by atoms with E-state index < -0.39 is 10.0 Å². The number of nitrogens with zero attached hydrogens (tertiary/aromatic N) is 1. The van der Waals surface area contributed by atoms with Gasteiger partial charge in [0.1, 0.15) is 0 Å². The van der Waals surface area contributed by atoms with Crippen molar-refractivity contribution in [1.29, 1.82) is 0 Å². The molecule has 0 bridgehead atoms. The Balaban J connectivity index is 1.97. The summed E-state index contributed by atoms with van der Waals surface area (Å²) in [5.41, 5.74) is 0. The number of rotatable bonds is 4. The summed E-state index contributed by atoms with van der Waals surface area (Å²) in [6.07, 6.45) is 9.85. The van der Waals surface area contributed by atoms with Crippen molar-refractivity contribution in [3.8, 4) is 0 Å². The topological polar surface area (TPSA) is 37.4 Å². The fourth-order valence-electron chi connectivity index (χ4n) is 3.45. The van der Waals surface area contributed by atoms with Crippen LogP contribution in [0.15, 0.2) is 0 Å². The Morgan fingerprint density at radius 2 is 1.58 bits per heavy atom. The maximum absolute atomic E-state index is 12.5. The molecule has 0 aromatic heterocycles. The first-order chi connectivity index (χ1) is 9.00. The third kappa shape index (κ3) is 4.08. The molecule has 2 rings (SSSR count). The first-order valence-electron chi connectivity index (χ1n) is 7.60. The normalized spacial score (nSPS) is 30.7. The number of sulfonamides is 1. The summed E-state index contributed by atoms with van der Waals surface area (Å²) >= 11 is 6.32. The van der Waals surface area contributed by atoms with E-state index in [1.54, 1.807) is 11.4 Å². The standard InChI is InChI=1S/C14H26ClNO2S/c1-16(14-10-6-5-9-13(14)15)19(17,18)11-12-7-3-2-4-8-12/h12-14H,2-11H2,1H3. The lowest BCUT2D eigenvalue weighted by Crippen LogP contribution is -2.46. The van der Waals surface area contributed by atoms with Crippen LogP contribution in [0.25, 0.3) is 0 Å². The molecule has 0 aromatic rings. The summed E-state index contributed by atoms with van der Waals surface area (Å²) < 4.78 is 26.6. The van der Waals surface area contributed by atoms with E-state index >= 15 is 0 Å². The predicted octanol–water partition coefficient (Wildman–Crippen LogP) is 3.38. The van der Waals surface area contributed by atoms with Gasteiger partial charge in [0.15, 0.2) is 0 Å². The summed E-state index contributed by atoms with van der Waals surface area (Å²) in [5.74, 6) is 0.683. The second kappa shape index (κ2) is 6.77. The van der Waals surface area contributed by atoms with E-state index in [-0.39, 0.29) is 11.4 Å². The van der Waals surface area contributed by atoms with Gasteiger partial charge in [-0.15, -0.1) is 11.6 Å². The van der Waals surface area contributed by atoms with Crippen molar-refractivity contribution in [1.82, 2.24) is 4.31 Å². The maximum Gasteiger partial charge on any atom is 0.214 e. The first-order valence-corrected chi connectivity index (χ1v) is 9.65. The molecule has 2 fully saturated rings. The minimum atomic E-state index is -3.14. The Labute approximate surface area is 122 Å². The zero-order chi connectivity index (χ0) is 13.9. The number of alkyl halides is 1. The molecule has 2 aliphatic carbocycles. The molecular weight excluding hydrogens is 282 g/mol. The molecule has 5 heteroatoms. The van der Waals surface area contributed by atoms with Gasteiger partial charge in [0.2, 0.25) is 10.0 Å². The fourth-order valence-corrected chi connectivity index (χ4v) is 5.80. The molecule has 0 heterocycles. The molecule has 2 saturated carbocycles. The molecule has 0 aromatic carbocycles. The van der Waals surface area contributed by atoms with E-state index in [1.807, 2.05) is 0 Å². The second-order valence-corrected chi connectivity index (χ2v) is 8.80. The smallest absolute Gasteiger partial charge is 0.212 e. The summed E-state index contributed by atoms with van der Waals surface area (Å²) in [6.45, 7) is 0. The number of hydrogen-bond acceptors (Lipinski definition) is 2. The van der Waals surface area contributed by atoms with E-state index in [0.717, 1.165) is 38.5 Å². The van der Waals surface area contributed by atoms with Gasteiger partial charge in [-0.25, -0.2) is 12.7 Å². The first kappa shape index (κ1) is 15.6. The molecule has 0 amide bonds. The van der Waals surface area contributed by atoms with Crippen molar-refractivity contribution < 1.29 is 8.42 Å². The van der Waals surface area contributed by atoms with Crippen LogP contribution >= 0.6 is 11.6 Å². The van der Waals surface area contributed by atoms with Crippen LogP contribution in [-0.4, -0.2) is 36.9 Å². The van der Waals surface area contributed by atoms with Crippen molar-refractivity contribution in [2.75, 3.05) is 12.8 Å². The van der Waals surface area contributed by atoms with Gasteiger partial charge in [-0.3, -0.25) is 0 Å². The molecular formula is C14H26ClNO2S. The maximum atomic E-state index is 12.5. The zero-order valence-corrected chi connectivity index (χ0v) is 13.4. The number of hydrogen-bond donors (Lipinski definition) is 0. The van der Waals surface area contributed by atoms with E-state index in [9.17, 15) is 8.42 Å². The van der Waals surface area contributed by atoms with Crippen LogP contribution in [0.4, 0.5) is 0 Å². The molecule has 0 aliphatic heterocycles. The average Bonchev–Trinajstić information content (AvgIpc) is 2.39. The van der Waals surface area contributed by atoms with Gasteiger partial charge in [0.25, 0.3) is 0 Å². The lowest BCUT2D eigenvalue weighted by molar-refractivity contribution is 0.286. The van der Waals surface area contributed by atoms with E-state index in [1.165, 1.54) is 19.3 Å². The van der Waals surface area contributed by atoms with Crippen LogP contribution < -0.4 is 0 Å². The lowest BCUT2D eigenvalue weighted by atomic mass is 9.91. The molecule has 0 spiro atoms. The highest BCUT2D eigenvalue weighted by Crippen LogP contribution is 2.30. The van der Waals surface area contributed by atoms with E-state index in [0.29, 0.717) is 11.7 Å². The lowest BCUT2D eigenvalue weighted by Gasteiger charge is -2.35. The minimum Gasteiger partial charge on any atom is -0.212 e. The second-order valence-electron chi connectivity index (χ2n) is 6.17. The third-order valence-corrected chi connectivity index (χ3v) is 7.27. The highest BCUT2D eigenvalue weighted by atomic mass is 35.5. The molecule has 2 atom stereocenters. The summed E-state index contributed by atoms with van der Waals surface area (Å²) in [4.78, 5) is 0. The summed E-state index contributed by atoms with van der Waals surface area (Å²) in [6, 6.07) is 0.00371. The average molecular weight is 308 g/mol. The minimum absolute atomic E-state index is 0.00371. The van der Waals surface area contributed by atoms with Gasteiger partial charge >= 0.3 is 0 Å². The highest BCUT2D eigenvalue weighted by Gasteiger charge is 2.34. The molecule has 2 aliphatic rings. The van der Waals surface area contributed by atoms with Gasteiger partial charge in [-0.05, 0) is 31.6 Å². The quantitative estimate of drug-likeness (QED) is 0.747. The molecule has 112 valence electrons. The fraction of sp³-hybridized carbons (Fsp3) is 1.00. The van der Waals surface area contributed by atoms with Crippen LogP contribution in [0.2, 0.25) is 0 Å². The van der Waals surface area contributed by atoms with Crippen molar-refractivity contribution >= 4 is 21.6 Å². The van der Waals surface area contributed by atoms with E-state index in [2.05, 4.69) is 0 Å². The monoisotopic (exact) mass is 307 g/mol. The molecule has 0 saturated heterocycles. The predicted molar refractivity (Wildman–Crippen MR) is 80.0 cm³/mol. The Kier molecular flexibility index (Phi) is 5.55. The van der Waals surface area contributed by atoms with Crippen LogP contribution in [0.3, 0.4) is 0 Å². The van der Waals surface area contributed by atoms with Gasteiger partial charge < -0.3 is 0 Å². The van der Waals surface area contributed by atoms with Crippen molar-refractivity contribution in [3.63, 3.8) is 0 Å². The summed E-state index contributed by atoms with van der Waals surface area (Å²) in [5, 5.41) is -0.0140. The molecule has 19 heavy (non-hydrogen) atoms. The van der Waals surface area contributed by atoms with Crippen molar-refractivity contribution in [2.45, 2.75) is 69.2 Å². The van der Waals surface area contributed by atoms with Gasteiger partial charge in [0.05, 0.1) is 11.1 Å². The Bertz CT molecular complexity index is 379. The van der Waals surface area contributed by atoms with Gasteiger partial charge in [-0.2, -0.15) is 0 Å². The largest absolute Gasteiger partial charge is 0.214 e. The third-order valence-electron chi connectivity index (χ3n) is 4.72. The van der Waals surface area contributed by atoms with Crippen molar-refractivity contribution in [2.24, 2.45) is 5.92 Å². The Morgan fingerprint density at radius 1 is 1.00 bits per heavy atom. The number of halogens is 1. The zero-order valence-electron chi connectivity index (χ0n) is 11.9.